The van der Waals surface area contributed by atoms with Gasteiger partial charge in [0.2, 0.25) is 0 Å². The van der Waals surface area contributed by atoms with Gasteiger partial charge >= 0.3 is 6.03 Å². The summed E-state index contributed by atoms with van der Waals surface area (Å²) in [7, 11) is 0. The van der Waals surface area contributed by atoms with E-state index in [-0.39, 0.29) is 12.4 Å². The summed E-state index contributed by atoms with van der Waals surface area (Å²) in [6.45, 7) is 0.206. The van der Waals surface area contributed by atoms with Crippen LogP contribution in [0, 0.1) is 5.41 Å². The highest BCUT2D eigenvalue weighted by atomic mass is 16.6. The maximum absolute atomic E-state index is 11.6. The Labute approximate surface area is 96.4 Å². The summed E-state index contributed by atoms with van der Waals surface area (Å²) in [4.78, 5) is 12.7. The number of aliphatic hydroxyl groups is 2. The molecule has 2 aliphatic heterocycles. The second-order valence-corrected chi connectivity index (χ2v) is 3.91. The molecule has 0 radical (unpaired) electrons. The van der Waals surface area contributed by atoms with E-state index in [2.05, 4.69) is 5.32 Å². The summed E-state index contributed by atoms with van der Waals surface area (Å²) in [5, 5.41) is 37.4. The van der Waals surface area contributed by atoms with Gasteiger partial charge in [-0.1, -0.05) is 0 Å². The smallest absolute Gasteiger partial charge is 0.324 e. The maximum atomic E-state index is 11.6. The zero-order valence-corrected chi connectivity index (χ0v) is 8.83. The number of hydrogen-bond acceptors (Lipinski definition) is 7. The number of rotatable bonds is 2. The van der Waals surface area contributed by atoms with Crippen LogP contribution in [0.25, 0.3) is 0 Å². The summed E-state index contributed by atoms with van der Waals surface area (Å²) in [6.07, 6.45) is -4.55. The van der Waals surface area contributed by atoms with Crippen LogP contribution in [0.15, 0.2) is 0 Å². The number of hydrogen-bond donors (Lipinski definition) is 6. The first kappa shape index (κ1) is 12.2. The molecule has 0 spiro atoms. The molecule has 2 saturated heterocycles. The van der Waals surface area contributed by atoms with Crippen molar-refractivity contribution in [3.8, 4) is 0 Å². The Morgan fingerprint density at radius 2 is 2.18 bits per heavy atom. The fourth-order valence-electron chi connectivity index (χ4n) is 1.86. The van der Waals surface area contributed by atoms with Crippen LogP contribution in [0.2, 0.25) is 0 Å². The fourth-order valence-corrected chi connectivity index (χ4v) is 1.86. The SMILES string of the molecule is N=C1CCN(C2OC(NO)C(O)C2O)C(=O)N1. The van der Waals surface area contributed by atoms with Crippen LogP contribution in [0.4, 0.5) is 4.79 Å². The molecule has 96 valence electrons. The second kappa shape index (κ2) is 4.55. The molecule has 2 aliphatic rings. The molecule has 17 heavy (non-hydrogen) atoms. The van der Waals surface area contributed by atoms with Crippen molar-refractivity contribution in [1.29, 1.82) is 5.41 Å². The van der Waals surface area contributed by atoms with Gasteiger partial charge in [-0.2, -0.15) is 5.48 Å². The third-order valence-corrected chi connectivity index (χ3v) is 2.79. The van der Waals surface area contributed by atoms with Gasteiger partial charge in [0.1, 0.15) is 18.0 Å². The van der Waals surface area contributed by atoms with E-state index in [1.54, 1.807) is 5.48 Å². The summed E-state index contributed by atoms with van der Waals surface area (Å²) in [5.41, 5.74) is 1.70. The highest BCUT2D eigenvalue weighted by Crippen LogP contribution is 2.23. The third-order valence-electron chi connectivity index (χ3n) is 2.79. The van der Waals surface area contributed by atoms with Crippen LogP contribution in [0.5, 0.6) is 0 Å². The Morgan fingerprint density at radius 3 is 2.71 bits per heavy atom. The number of carbonyl (C=O) groups is 1. The number of aliphatic hydroxyl groups excluding tert-OH is 2. The normalized spacial score (nSPS) is 38.4. The first-order valence-electron chi connectivity index (χ1n) is 5.11. The lowest BCUT2D eigenvalue weighted by molar-refractivity contribution is -0.110. The van der Waals surface area contributed by atoms with E-state index in [1.165, 1.54) is 4.90 Å². The topological polar surface area (TPSA) is 138 Å². The van der Waals surface area contributed by atoms with E-state index in [1.807, 2.05) is 0 Å². The van der Waals surface area contributed by atoms with Gasteiger partial charge < -0.3 is 20.2 Å². The molecule has 6 N–H and O–H groups in total. The van der Waals surface area contributed by atoms with E-state index >= 15 is 0 Å². The van der Waals surface area contributed by atoms with Crippen molar-refractivity contribution < 1.29 is 25.0 Å². The van der Waals surface area contributed by atoms with Crippen molar-refractivity contribution in [2.75, 3.05) is 6.54 Å². The molecular formula is C8H14N4O5. The Morgan fingerprint density at radius 1 is 1.47 bits per heavy atom. The average molecular weight is 246 g/mol. The molecule has 0 aliphatic carbocycles. The molecule has 2 amide bonds. The highest BCUT2D eigenvalue weighted by molar-refractivity contribution is 5.98. The summed E-state index contributed by atoms with van der Waals surface area (Å²) >= 11 is 0. The lowest BCUT2D eigenvalue weighted by Gasteiger charge is -2.33. The minimum Gasteiger partial charge on any atom is -0.386 e. The highest BCUT2D eigenvalue weighted by Gasteiger charge is 2.47. The molecule has 9 heteroatoms. The molecule has 0 saturated carbocycles. The number of amides is 2. The minimum absolute atomic E-state index is 0.0936. The molecule has 4 atom stereocenters. The van der Waals surface area contributed by atoms with Crippen molar-refractivity contribution in [1.82, 2.24) is 15.7 Å². The van der Waals surface area contributed by atoms with Crippen LogP contribution in [-0.4, -0.2) is 63.4 Å². The van der Waals surface area contributed by atoms with Crippen molar-refractivity contribution >= 4 is 11.9 Å². The summed E-state index contributed by atoms with van der Waals surface area (Å²) in [5.74, 6) is 0.0936. The first-order valence-corrected chi connectivity index (χ1v) is 5.11. The minimum atomic E-state index is -1.33. The number of ether oxygens (including phenoxy) is 1. The lowest BCUT2D eigenvalue weighted by atomic mass is 10.2. The van der Waals surface area contributed by atoms with E-state index in [4.69, 9.17) is 15.4 Å². The Balaban J connectivity index is 2.08. The molecule has 0 aromatic rings. The van der Waals surface area contributed by atoms with Crippen molar-refractivity contribution in [3.05, 3.63) is 0 Å². The summed E-state index contributed by atoms with van der Waals surface area (Å²) < 4.78 is 5.11. The third kappa shape index (κ3) is 2.10. The molecular weight excluding hydrogens is 232 g/mol. The van der Waals surface area contributed by atoms with Gasteiger partial charge in [-0.05, 0) is 0 Å². The largest absolute Gasteiger partial charge is 0.386 e. The van der Waals surface area contributed by atoms with Crippen LogP contribution < -0.4 is 10.8 Å². The van der Waals surface area contributed by atoms with E-state index in [0.29, 0.717) is 6.42 Å². The quantitative estimate of drug-likeness (QED) is 0.305. The van der Waals surface area contributed by atoms with Gasteiger partial charge in [0.15, 0.2) is 12.5 Å². The zero-order valence-electron chi connectivity index (χ0n) is 8.83. The van der Waals surface area contributed by atoms with E-state index in [0.717, 1.165) is 0 Å². The van der Waals surface area contributed by atoms with E-state index in [9.17, 15) is 15.0 Å². The van der Waals surface area contributed by atoms with Gasteiger partial charge in [0.05, 0.1) is 0 Å². The van der Waals surface area contributed by atoms with Gasteiger partial charge in [0.25, 0.3) is 0 Å². The molecule has 0 aromatic heterocycles. The molecule has 2 rings (SSSR count). The number of carbonyl (C=O) groups excluding carboxylic acids is 1. The Kier molecular flexibility index (Phi) is 3.26. The fraction of sp³-hybridized carbons (Fsp3) is 0.750. The number of hydroxylamine groups is 1. The van der Waals surface area contributed by atoms with Crippen molar-refractivity contribution in [2.24, 2.45) is 0 Å². The van der Waals surface area contributed by atoms with Crippen LogP contribution in [0.3, 0.4) is 0 Å². The molecule has 4 unspecified atom stereocenters. The predicted octanol–water partition coefficient (Wildman–Crippen LogP) is -2.24. The summed E-state index contributed by atoms with van der Waals surface area (Å²) in [6, 6.07) is -0.573. The maximum Gasteiger partial charge on any atom is 0.324 e. The van der Waals surface area contributed by atoms with E-state index < -0.39 is 30.7 Å². The average Bonchev–Trinajstić information content (AvgIpc) is 2.57. The molecule has 0 aromatic carbocycles. The van der Waals surface area contributed by atoms with Gasteiger partial charge in [-0.25, -0.2) is 4.79 Å². The molecule has 2 fully saturated rings. The number of nitrogens with one attached hydrogen (secondary N) is 3. The monoisotopic (exact) mass is 246 g/mol. The molecule has 9 nitrogen and oxygen atoms in total. The van der Waals surface area contributed by atoms with Gasteiger partial charge in [0, 0.05) is 13.0 Å². The second-order valence-electron chi connectivity index (χ2n) is 3.91. The Bertz CT molecular complexity index is 338. The zero-order chi connectivity index (χ0) is 12.6. The molecule has 0 bridgehead atoms. The van der Waals surface area contributed by atoms with Crippen molar-refractivity contribution in [3.63, 3.8) is 0 Å². The first-order chi connectivity index (χ1) is 8.04. The Hall–Kier alpha value is -1.26. The van der Waals surface area contributed by atoms with Gasteiger partial charge in [-0.3, -0.25) is 15.6 Å². The van der Waals surface area contributed by atoms with Crippen LogP contribution >= 0.6 is 0 Å². The predicted molar refractivity (Wildman–Crippen MR) is 53.2 cm³/mol. The van der Waals surface area contributed by atoms with Crippen LogP contribution in [-0.2, 0) is 4.74 Å². The number of urea groups is 1. The lowest BCUT2D eigenvalue weighted by Crippen LogP contribution is -2.56. The number of amidine groups is 1. The van der Waals surface area contributed by atoms with Crippen LogP contribution in [0.1, 0.15) is 6.42 Å². The number of nitrogens with zero attached hydrogens (tertiary/aromatic N) is 1. The molecule has 2 heterocycles. The van der Waals surface area contributed by atoms with Gasteiger partial charge in [-0.15, -0.1) is 0 Å². The standard InChI is InChI=1S/C8H14N4O5/c9-3-1-2-12(8(15)10-3)7-5(14)4(13)6(11-16)17-7/h4-7,11,13-14,16H,1-2H2,(H2,9,10,15). The van der Waals surface area contributed by atoms with Crippen molar-refractivity contribution in [2.45, 2.75) is 31.1 Å².